The lowest BCUT2D eigenvalue weighted by Crippen LogP contribution is -2.08. The molecule has 0 spiro atoms. The van der Waals surface area contributed by atoms with Gasteiger partial charge in [0.15, 0.2) is 0 Å². The number of aromatic nitrogens is 2. The van der Waals surface area contributed by atoms with E-state index in [1.807, 2.05) is 4.57 Å². The van der Waals surface area contributed by atoms with E-state index in [2.05, 4.69) is 25.8 Å². The molecule has 0 atom stereocenters. The predicted octanol–water partition coefficient (Wildman–Crippen LogP) is 4.85. The number of nitrogen functional groups attached to an aromatic ring is 1. The van der Waals surface area contributed by atoms with E-state index in [0.29, 0.717) is 22.1 Å². The standard InChI is InChI=1S/C16H21ClFN3/c1-4-5-6-21-15(19)14(20-16(21)10(2)3)11-7-12(17)9-13(18)8-11/h7-10H,4-6,19H2,1-3H3. The van der Waals surface area contributed by atoms with E-state index in [1.165, 1.54) is 12.1 Å². The molecule has 21 heavy (non-hydrogen) atoms. The number of nitrogens with two attached hydrogens (primary N) is 1. The number of hydrogen-bond acceptors (Lipinski definition) is 2. The molecule has 1 aromatic heterocycles. The van der Waals surface area contributed by atoms with Crippen molar-refractivity contribution in [1.29, 1.82) is 0 Å². The van der Waals surface area contributed by atoms with E-state index in [-0.39, 0.29) is 11.7 Å². The van der Waals surface area contributed by atoms with Crippen molar-refractivity contribution in [3.05, 3.63) is 34.9 Å². The van der Waals surface area contributed by atoms with Crippen molar-refractivity contribution in [2.24, 2.45) is 0 Å². The minimum Gasteiger partial charge on any atom is -0.383 e. The predicted molar refractivity (Wildman–Crippen MR) is 86.0 cm³/mol. The number of benzene rings is 1. The van der Waals surface area contributed by atoms with Gasteiger partial charge in [0.1, 0.15) is 23.2 Å². The Morgan fingerprint density at radius 1 is 1.33 bits per heavy atom. The number of halogens is 2. The van der Waals surface area contributed by atoms with Crippen molar-refractivity contribution in [2.75, 3.05) is 5.73 Å². The summed E-state index contributed by atoms with van der Waals surface area (Å²) in [6, 6.07) is 4.38. The molecule has 0 bridgehead atoms. The zero-order valence-electron chi connectivity index (χ0n) is 12.7. The van der Waals surface area contributed by atoms with E-state index in [9.17, 15) is 4.39 Å². The molecular weight excluding hydrogens is 289 g/mol. The molecule has 2 aromatic rings. The van der Waals surface area contributed by atoms with Crippen molar-refractivity contribution in [1.82, 2.24) is 9.55 Å². The van der Waals surface area contributed by atoms with Crippen LogP contribution >= 0.6 is 11.6 Å². The molecule has 0 aliphatic rings. The topological polar surface area (TPSA) is 43.8 Å². The molecule has 1 heterocycles. The summed E-state index contributed by atoms with van der Waals surface area (Å²) in [5, 5.41) is 0.346. The van der Waals surface area contributed by atoms with Gasteiger partial charge in [0.05, 0.1) is 0 Å². The zero-order chi connectivity index (χ0) is 15.6. The third-order valence-corrected chi connectivity index (χ3v) is 3.64. The summed E-state index contributed by atoms with van der Waals surface area (Å²) in [4.78, 5) is 4.63. The van der Waals surface area contributed by atoms with Crippen LogP contribution in [0.5, 0.6) is 0 Å². The molecule has 0 aliphatic heterocycles. The molecular formula is C16H21ClFN3. The van der Waals surface area contributed by atoms with Crippen LogP contribution in [0.3, 0.4) is 0 Å². The van der Waals surface area contributed by atoms with E-state index < -0.39 is 0 Å². The first-order chi connectivity index (χ1) is 9.93. The maximum atomic E-state index is 13.6. The van der Waals surface area contributed by atoms with Crippen LogP contribution in [0.2, 0.25) is 5.02 Å². The monoisotopic (exact) mass is 309 g/mol. The number of unbranched alkanes of at least 4 members (excludes halogenated alkanes) is 1. The summed E-state index contributed by atoms with van der Waals surface area (Å²) >= 11 is 5.93. The van der Waals surface area contributed by atoms with Gasteiger partial charge in [-0.05, 0) is 24.6 Å². The highest BCUT2D eigenvalue weighted by molar-refractivity contribution is 6.30. The quantitative estimate of drug-likeness (QED) is 0.858. The maximum Gasteiger partial charge on any atom is 0.131 e. The molecule has 114 valence electrons. The number of nitrogens with zero attached hydrogens (tertiary/aromatic N) is 2. The molecule has 0 saturated heterocycles. The Kier molecular flexibility index (Phi) is 4.88. The van der Waals surface area contributed by atoms with Crippen LogP contribution in [0.1, 0.15) is 45.4 Å². The fourth-order valence-corrected chi connectivity index (χ4v) is 2.60. The summed E-state index contributed by atoms with van der Waals surface area (Å²) in [6.45, 7) is 7.11. The maximum absolute atomic E-state index is 13.6. The number of hydrogen-bond donors (Lipinski definition) is 1. The van der Waals surface area contributed by atoms with E-state index in [4.69, 9.17) is 17.3 Å². The molecule has 0 aliphatic carbocycles. The fourth-order valence-electron chi connectivity index (χ4n) is 2.38. The summed E-state index contributed by atoms with van der Waals surface area (Å²) in [5.41, 5.74) is 7.48. The smallest absolute Gasteiger partial charge is 0.131 e. The van der Waals surface area contributed by atoms with Gasteiger partial charge >= 0.3 is 0 Å². The molecule has 0 amide bonds. The molecule has 0 fully saturated rings. The summed E-state index contributed by atoms with van der Waals surface area (Å²) in [5.74, 6) is 1.37. The highest BCUT2D eigenvalue weighted by Crippen LogP contribution is 2.31. The van der Waals surface area contributed by atoms with E-state index in [0.717, 1.165) is 25.2 Å². The van der Waals surface area contributed by atoms with Crippen LogP contribution in [-0.4, -0.2) is 9.55 Å². The summed E-state index contributed by atoms with van der Waals surface area (Å²) < 4.78 is 15.6. The number of anilines is 1. The Labute approximate surface area is 129 Å². The molecule has 0 radical (unpaired) electrons. The number of imidazole rings is 1. The molecule has 1 aromatic carbocycles. The fraction of sp³-hybridized carbons (Fsp3) is 0.438. The average Bonchev–Trinajstić information content (AvgIpc) is 2.72. The minimum atomic E-state index is -0.383. The van der Waals surface area contributed by atoms with Crippen molar-refractivity contribution in [3.8, 4) is 11.3 Å². The first-order valence-electron chi connectivity index (χ1n) is 7.26. The first kappa shape index (κ1) is 15.8. The van der Waals surface area contributed by atoms with Crippen molar-refractivity contribution < 1.29 is 4.39 Å². The van der Waals surface area contributed by atoms with Crippen molar-refractivity contribution in [2.45, 2.75) is 46.1 Å². The second kappa shape index (κ2) is 6.48. The van der Waals surface area contributed by atoms with E-state index in [1.54, 1.807) is 6.07 Å². The van der Waals surface area contributed by atoms with Crippen LogP contribution in [0, 0.1) is 5.82 Å². The highest BCUT2D eigenvalue weighted by Gasteiger charge is 2.18. The lowest BCUT2D eigenvalue weighted by atomic mass is 10.1. The Hall–Kier alpha value is -1.55. The first-order valence-corrected chi connectivity index (χ1v) is 7.64. The van der Waals surface area contributed by atoms with Gasteiger partial charge < -0.3 is 10.3 Å². The summed E-state index contributed by atoms with van der Waals surface area (Å²) in [6.07, 6.45) is 2.11. The van der Waals surface area contributed by atoms with Crippen LogP contribution in [0.4, 0.5) is 10.2 Å². The van der Waals surface area contributed by atoms with Gasteiger partial charge in [-0.15, -0.1) is 0 Å². The molecule has 0 saturated carbocycles. The van der Waals surface area contributed by atoms with E-state index >= 15 is 0 Å². The molecule has 0 unspecified atom stereocenters. The largest absolute Gasteiger partial charge is 0.383 e. The second-order valence-corrected chi connectivity index (χ2v) is 5.96. The Balaban J connectivity index is 2.53. The third kappa shape index (κ3) is 3.38. The van der Waals surface area contributed by atoms with Crippen LogP contribution in [0.15, 0.2) is 18.2 Å². The molecule has 2 rings (SSSR count). The molecule has 3 nitrogen and oxygen atoms in total. The normalized spacial score (nSPS) is 11.3. The lowest BCUT2D eigenvalue weighted by molar-refractivity contribution is 0.588. The van der Waals surface area contributed by atoms with Crippen LogP contribution in [-0.2, 0) is 6.54 Å². The zero-order valence-corrected chi connectivity index (χ0v) is 13.4. The van der Waals surface area contributed by atoms with Crippen LogP contribution in [0.25, 0.3) is 11.3 Å². The SMILES string of the molecule is CCCCn1c(C(C)C)nc(-c2cc(F)cc(Cl)c2)c1N. The minimum absolute atomic E-state index is 0.252. The van der Waals surface area contributed by atoms with Gasteiger partial charge in [0.2, 0.25) is 0 Å². The Morgan fingerprint density at radius 2 is 2.05 bits per heavy atom. The molecule has 2 N–H and O–H groups in total. The highest BCUT2D eigenvalue weighted by atomic mass is 35.5. The van der Waals surface area contributed by atoms with Crippen molar-refractivity contribution in [3.63, 3.8) is 0 Å². The van der Waals surface area contributed by atoms with Gasteiger partial charge in [-0.25, -0.2) is 9.37 Å². The van der Waals surface area contributed by atoms with Gasteiger partial charge in [-0.1, -0.05) is 38.8 Å². The van der Waals surface area contributed by atoms with Crippen LogP contribution < -0.4 is 5.73 Å². The Morgan fingerprint density at radius 3 is 2.62 bits per heavy atom. The van der Waals surface area contributed by atoms with Gasteiger partial charge in [-0.3, -0.25) is 0 Å². The van der Waals surface area contributed by atoms with Crippen molar-refractivity contribution >= 4 is 17.4 Å². The second-order valence-electron chi connectivity index (χ2n) is 5.52. The third-order valence-electron chi connectivity index (χ3n) is 3.42. The molecule has 5 heteroatoms. The average molecular weight is 310 g/mol. The van der Waals surface area contributed by atoms with Gasteiger partial charge in [-0.2, -0.15) is 0 Å². The van der Waals surface area contributed by atoms with Gasteiger partial charge in [0.25, 0.3) is 0 Å². The lowest BCUT2D eigenvalue weighted by Gasteiger charge is -2.11. The number of rotatable bonds is 5. The Bertz CT molecular complexity index is 614. The summed E-state index contributed by atoms with van der Waals surface area (Å²) in [7, 11) is 0. The van der Waals surface area contributed by atoms with Gasteiger partial charge in [0, 0.05) is 23.0 Å².